The van der Waals surface area contributed by atoms with Gasteiger partial charge in [0.2, 0.25) is 0 Å². The molecule has 188 valence electrons. The predicted molar refractivity (Wildman–Crippen MR) is 144 cm³/mol. The minimum Gasteiger partial charge on any atom is -0.496 e. The molecule has 0 saturated carbocycles. The van der Waals surface area contributed by atoms with Gasteiger partial charge in [0.15, 0.2) is 0 Å². The van der Waals surface area contributed by atoms with Crippen LogP contribution in [0.3, 0.4) is 0 Å². The Hall–Kier alpha value is -3.87. The monoisotopic (exact) mass is 486 g/mol. The van der Waals surface area contributed by atoms with Crippen molar-refractivity contribution in [3.63, 3.8) is 0 Å². The standard InChI is InChI=1S/C29H34N4O3/c1-18-11-22(21-9-10-26-23(13-21)16-31-32(26)7)14-24(12-18)33(28(34)36-29(4,5)6)17-25-20(3)27(35-8)19(2)15-30-25/h9-16H,17H2,1-8H3. The number of carbonyl (C=O) groups excluding carboxylic acids is 1. The fourth-order valence-corrected chi connectivity index (χ4v) is 4.39. The first-order valence-electron chi connectivity index (χ1n) is 12.0. The van der Waals surface area contributed by atoms with Gasteiger partial charge in [0.1, 0.15) is 11.4 Å². The van der Waals surface area contributed by atoms with E-state index in [0.717, 1.165) is 55.9 Å². The number of methoxy groups -OCH3 is 1. The van der Waals surface area contributed by atoms with Crippen molar-refractivity contribution in [2.45, 2.75) is 53.7 Å². The van der Waals surface area contributed by atoms with Gasteiger partial charge in [-0.05, 0) is 82.5 Å². The van der Waals surface area contributed by atoms with E-state index in [1.165, 1.54) is 0 Å². The quantitative estimate of drug-likeness (QED) is 0.322. The number of aryl methyl sites for hydroxylation is 3. The largest absolute Gasteiger partial charge is 0.496 e. The topological polar surface area (TPSA) is 69.5 Å². The molecule has 0 bridgehead atoms. The van der Waals surface area contributed by atoms with Crippen LogP contribution < -0.4 is 9.64 Å². The molecular weight excluding hydrogens is 452 g/mol. The van der Waals surface area contributed by atoms with Crippen molar-refractivity contribution in [1.82, 2.24) is 14.8 Å². The molecule has 0 fully saturated rings. The van der Waals surface area contributed by atoms with Crippen LogP contribution in [0.25, 0.3) is 22.0 Å². The molecule has 36 heavy (non-hydrogen) atoms. The van der Waals surface area contributed by atoms with E-state index in [4.69, 9.17) is 9.47 Å². The van der Waals surface area contributed by atoms with Gasteiger partial charge in [-0.1, -0.05) is 12.1 Å². The highest BCUT2D eigenvalue weighted by Gasteiger charge is 2.26. The molecule has 0 aliphatic carbocycles. The lowest BCUT2D eigenvalue weighted by Crippen LogP contribution is -2.37. The molecule has 4 aromatic rings. The van der Waals surface area contributed by atoms with Crippen molar-refractivity contribution in [2.75, 3.05) is 12.0 Å². The Kier molecular flexibility index (Phi) is 6.76. The fraction of sp³-hybridized carbons (Fsp3) is 0.345. The summed E-state index contributed by atoms with van der Waals surface area (Å²) in [5.41, 5.74) is 6.87. The van der Waals surface area contributed by atoms with Gasteiger partial charge in [-0.15, -0.1) is 0 Å². The van der Waals surface area contributed by atoms with Crippen molar-refractivity contribution in [3.05, 3.63) is 71.2 Å². The van der Waals surface area contributed by atoms with Crippen LogP contribution in [0.2, 0.25) is 0 Å². The highest BCUT2D eigenvalue weighted by molar-refractivity contribution is 5.90. The molecule has 0 radical (unpaired) electrons. The Morgan fingerprint density at radius 3 is 2.47 bits per heavy atom. The molecule has 0 aliphatic heterocycles. The third-order valence-electron chi connectivity index (χ3n) is 6.12. The maximum atomic E-state index is 13.5. The van der Waals surface area contributed by atoms with Crippen molar-refractivity contribution in [1.29, 1.82) is 0 Å². The Bertz CT molecular complexity index is 1430. The van der Waals surface area contributed by atoms with Gasteiger partial charge in [0, 0.05) is 35.4 Å². The average molecular weight is 487 g/mol. The van der Waals surface area contributed by atoms with Crippen LogP contribution in [0, 0.1) is 20.8 Å². The van der Waals surface area contributed by atoms with E-state index in [0.29, 0.717) is 0 Å². The Labute approximate surface area is 212 Å². The summed E-state index contributed by atoms with van der Waals surface area (Å²) < 4.78 is 13.3. The molecule has 7 heteroatoms. The zero-order chi connectivity index (χ0) is 26.2. The summed E-state index contributed by atoms with van der Waals surface area (Å²) in [7, 11) is 3.58. The molecule has 0 saturated heterocycles. The number of hydrogen-bond acceptors (Lipinski definition) is 5. The first-order valence-corrected chi connectivity index (χ1v) is 12.0. The van der Waals surface area contributed by atoms with E-state index in [2.05, 4.69) is 34.3 Å². The van der Waals surface area contributed by atoms with Crippen molar-refractivity contribution in [2.24, 2.45) is 7.05 Å². The third kappa shape index (κ3) is 5.20. The van der Waals surface area contributed by atoms with Crippen LogP contribution in [0.1, 0.15) is 43.2 Å². The Morgan fingerprint density at radius 2 is 1.78 bits per heavy atom. The van der Waals surface area contributed by atoms with Crippen molar-refractivity contribution < 1.29 is 14.3 Å². The van der Waals surface area contributed by atoms with Gasteiger partial charge in [-0.2, -0.15) is 5.10 Å². The van der Waals surface area contributed by atoms with Gasteiger partial charge in [0.05, 0.1) is 31.1 Å². The number of carbonyl (C=O) groups is 1. The SMILES string of the molecule is COc1c(C)cnc(CN(C(=O)OC(C)(C)C)c2cc(C)cc(-c3ccc4c(cnn4C)c3)c2)c1C. The number of pyridine rings is 1. The van der Waals surface area contributed by atoms with Crippen LogP contribution in [0.5, 0.6) is 5.75 Å². The summed E-state index contributed by atoms with van der Waals surface area (Å²) in [4.78, 5) is 19.7. The lowest BCUT2D eigenvalue weighted by Gasteiger charge is -2.28. The van der Waals surface area contributed by atoms with Crippen LogP contribution in [-0.2, 0) is 18.3 Å². The second-order valence-electron chi connectivity index (χ2n) is 10.2. The van der Waals surface area contributed by atoms with Gasteiger partial charge in [-0.3, -0.25) is 14.6 Å². The number of amides is 1. The zero-order valence-electron chi connectivity index (χ0n) is 22.3. The van der Waals surface area contributed by atoms with Crippen LogP contribution >= 0.6 is 0 Å². The summed E-state index contributed by atoms with van der Waals surface area (Å²) in [6.45, 7) is 11.8. The zero-order valence-corrected chi connectivity index (χ0v) is 22.3. The number of anilines is 1. The maximum absolute atomic E-state index is 13.5. The smallest absolute Gasteiger partial charge is 0.415 e. The molecule has 0 atom stereocenters. The van der Waals surface area contributed by atoms with Crippen LogP contribution in [0.4, 0.5) is 10.5 Å². The van der Waals surface area contributed by atoms with Gasteiger partial charge in [0.25, 0.3) is 0 Å². The average Bonchev–Trinajstić information content (AvgIpc) is 3.17. The first-order chi connectivity index (χ1) is 17.0. The van der Waals surface area contributed by atoms with E-state index < -0.39 is 11.7 Å². The van der Waals surface area contributed by atoms with E-state index in [1.54, 1.807) is 18.2 Å². The van der Waals surface area contributed by atoms with E-state index >= 15 is 0 Å². The highest BCUT2D eigenvalue weighted by atomic mass is 16.6. The van der Waals surface area contributed by atoms with E-state index in [9.17, 15) is 4.79 Å². The lowest BCUT2D eigenvalue weighted by molar-refractivity contribution is 0.0577. The van der Waals surface area contributed by atoms with Crippen molar-refractivity contribution in [3.8, 4) is 16.9 Å². The number of benzene rings is 2. The van der Waals surface area contributed by atoms with Gasteiger partial charge in [-0.25, -0.2) is 4.79 Å². The number of fused-ring (bicyclic) bond motifs is 1. The number of ether oxygens (including phenoxy) is 2. The summed E-state index contributed by atoms with van der Waals surface area (Å²) in [6.07, 6.45) is 3.21. The Balaban J connectivity index is 1.80. The molecule has 0 aliphatic rings. The second-order valence-corrected chi connectivity index (χ2v) is 10.2. The molecule has 0 N–H and O–H groups in total. The Morgan fingerprint density at radius 1 is 1.03 bits per heavy atom. The number of rotatable bonds is 5. The molecule has 0 spiro atoms. The highest BCUT2D eigenvalue weighted by Crippen LogP contribution is 2.32. The third-order valence-corrected chi connectivity index (χ3v) is 6.12. The van der Waals surface area contributed by atoms with E-state index in [1.807, 2.05) is 71.6 Å². The molecule has 2 aromatic carbocycles. The summed E-state index contributed by atoms with van der Waals surface area (Å²) >= 11 is 0. The predicted octanol–water partition coefficient (Wildman–Crippen LogP) is 6.51. The minimum absolute atomic E-state index is 0.252. The second kappa shape index (κ2) is 9.64. The molecule has 7 nitrogen and oxygen atoms in total. The molecule has 2 heterocycles. The normalized spacial score (nSPS) is 11.6. The van der Waals surface area contributed by atoms with Crippen molar-refractivity contribution >= 4 is 22.7 Å². The van der Waals surface area contributed by atoms with Gasteiger partial charge < -0.3 is 9.47 Å². The fourth-order valence-electron chi connectivity index (χ4n) is 4.39. The molecule has 2 aromatic heterocycles. The summed E-state index contributed by atoms with van der Waals surface area (Å²) in [6, 6.07) is 12.4. The maximum Gasteiger partial charge on any atom is 0.415 e. The first kappa shape index (κ1) is 25.2. The van der Waals surface area contributed by atoms with Gasteiger partial charge >= 0.3 is 6.09 Å². The van der Waals surface area contributed by atoms with E-state index in [-0.39, 0.29) is 6.54 Å². The summed E-state index contributed by atoms with van der Waals surface area (Å²) in [5, 5.41) is 5.42. The molecular formula is C29H34N4O3. The number of hydrogen-bond donors (Lipinski definition) is 0. The molecule has 4 rings (SSSR count). The van der Waals surface area contributed by atoms with Crippen LogP contribution in [0.15, 0.2) is 48.8 Å². The number of nitrogens with zero attached hydrogens (tertiary/aromatic N) is 4. The summed E-state index contributed by atoms with van der Waals surface area (Å²) in [5.74, 6) is 0.777. The molecule has 1 amide bonds. The van der Waals surface area contributed by atoms with Crippen LogP contribution in [-0.4, -0.2) is 33.6 Å². The number of aromatic nitrogens is 3. The minimum atomic E-state index is -0.638. The molecule has 0 unspecified atom stereocenters. The lowest BCUT2D eigenvalue weighted by atomic mass is 10.0.